The molecule has 28 heavy (non-hydrogen) atoms. The highest BCUT2D eigenvalue weighted by atomic mass is 19.1. The van der Waals surface area contributed by atoms with E-state index in [0.717, 1.165) is 11.6 Å². The van der Waals surface area contributed by atoms with Gasteiger partial charge in [0.15, 0.2) is 0 Å². The maximum absolute atomic E-state index is 14.6. The number of carbonyl (C=O) groups excluding carboxylic acids is 1. The molecule has 138 valence electrons. The fourth-order valence-electron chi connectivity index (χ4n) is 3.38. The number of hydrogen-bond acceptors (Lipinski definition) is 3. The van der Waals surface area contributed by atoms with Gasteiger partial charge in [-0.15, -0.1) is 0 Å². The molecule has 3 aromatic rings. The van der Waals surface area contributed by atoms with E-state index in [0.29, 0.717) is 40.1 Å². The van der Waals surface area contributed by atoms with Crippen LogP contribution in [0.1, 0.15) is 21.5 Å². The Morgan fingerprint density at radius 3 is 2.54 bits per heavy atom. The molecule has 4 rings (SSSR count). The van der Waals surface area contributed by atoms with Crippen molar-refractivity contribution in [2.75, 3.05) is 7.11 Å². The van der Waals surface area contributed by atoms with Crippen molar-refractivity contribution in [3.63, 3.8) is 0 Å². The standard InChI is InChI=1S/C22H14F2N2O2/c1-28-16-5-12(10-25)4-13(6-16)18-7-14-11-26-22(27)19(14)9-20(18)17-3-2-15(23)8-21(17)24/h2-9H,11H2,1H3,(H,26,27). The summed E-state index contributed by atoms with van der Waals surface area (Å²) in [5, 5.41) is 12.1. The van der Waals surface area contributed by atoms with Gasteiger partial charge >= 0.3 is 0 Å². The van der Waals surface area contributed by atoms with Crippen LogP contribution < -0.4 is 10.1 Å². The predicted octanol–water partition coefficient (Wildman–Crippen LogP) is 4.42. The summed E-state index contributed by atoms with van der Waals surface area (Å²) in [5.41, 5.74) is 3.46. The maximum atomic E-state index is 14.6. The van der Waals surface area contributed by atoms with E-state index in [1.54, 1.807) is 30.3 Å². The van der Waals surface area contributed by atoms with Crippen LogP contribution in [0.3, 0.4) is 0 Å². The first-order chi connectivity index (χ1) is 13.5. The largest absolute Gasteiger partial charge is 0.497 e. The summed E-state index contributed by atoms with van der Waals surface area (Å²) < 4.78 is 33.2. The van der Waals surface area contributed by atoms with Crippen molar-refractivity contribution >= 4 is 5.91 Å². The Balaban J connectivity index is 2.02. The second-order valence-corrected chi connectivity index (χ2v) is 6.42. The molecule has 0 aromatic heterocycles. The maximum Gasteiger partial charge on any atom is 0.251 e. The highest BCUT2D eigenvalue weighted by Crippen LogP contribution is 2.38. The van der Waals surface area contributed by atoms with E-state index in [4.69, 9.17) is 4.74 Å². The first-order valence-electron chi connectivity index (χ1n) is 8.50. The smallest absolute Gasteiger partial charge is 0.251 e. The van der Waals surface area contributed by atoms with Gasteiger partial charge in [-0.3, -0.25) is 4.79 Å². The zero-order valence-corrected chi connectivity index (χ0v) is 14.8. The number of ether oxygens (including phenoxy) is 1. The first kappa shape index (κ1) is 17.7. The van der Waals surface area contributed by atoms with Crippen molar-refractivity contribution < 1.29 is 18.3 Å². The van der Waals surface area contributed by atoms with Crippen LogP contribution in [0.15, 0.2) is 48.5 Å². The molecule has 0 fully saturated rings. The molecule has 0 radical (unpaired) electrons. The second kappa shape index (κ2) is 6.78. The number of nitrogens with zero attached hydrogens (tertiary/aromatic N) is 1. The molecular formula is C22H14F2N2O2. The van der Waals surface area contributed by atoms with Gasteiger partial charge in [0.2, 0.25) is 0 Å². The third-order valence-electron chi connectivity index (χ3n) is 4.73. The molecule has 0 aliphatic carbocycles. The van der Waals surface area contributed by atoms with E-state index in [-0.39, 0.29) is 11.5 Å². The number of fused-ring (bicyclic) bond motifs is 1. The molecule has 0 unspecified atom stereocenters. The Hall–Kier alpha value is -3.72. The third-order valence-corrected chi connectivity index (χ3v) is 4.73. The van der Waals surface area contributed by atoms with Gasteiger partial charge < -0.3 is 10.1 Å². The predicted molar refractivity (Wildman–Crippen MR) is 99.7 cm³/mol. The monoisotopic (exact) mass is 376 g/mol. The number of hydrogen-bond donors (Lipinski definition) is 1. The number of halogens is 2. The average molecular weight is 376 g/mol. The Morgan fingerprint density at radius 1 is 1.00 bits per heavy atom. The van der Waals surface area contributed by atoms with Crippen LogP contribution >= 0.6 is 0 Å². The molecule has 0 atom stereocenters. The van der Waals surface area contributed by atoms with Gasteiger partial charge in [-0.1, -0.05) is 0 Å². The topological polar surface area (TPSA) is 62.1 Å². The van der Waals surface area contributed by atoms with Crippen molar-refractivity contribution in [1.82, 2.24) is 5.32 Å². The summed E-state index contributed by atoms with van der Waals surface area (Å²) >= 11 is 0. The lowest BCUT2D eigenvalue weighted by molar-refractivity contribution is 0.0966. The van der Waals surface area contributed by atoms with Crippen molar-refractivity contribution in [3.05, 3.63) is 76.9 Å². The first-order valence-corrected chi connectivity index (χ1v) is 8.50. The van der Waals surface area contributed by atoms with Crippen LogP contribution in [-0.4, -0.2) is 13.0 Å². The lowest BCUT2D eigenvalue weighted by Crippen LogP contribution is -2.12. The Bertz CT molecular complexity index is 1170. The SMILES string of the molecule is COc1cc(C#N)cc(-c2cc3c(cc2-c2ccc(F)cc2F)C(=O)NC3)c1. The van der Waals surface area contributed by atoms with Crippen molar-refractivity contribution in [3.8, 4) is 34.1 Å². The summed E-state index contributed by atoms with van der Waals surface area (Å²) in [6.45, 7) is 0.364. The van der Waals surface area contributed by atoms with E-state index >= 15 is 0 Å². The van der Waals surface area contributed by atoms with E-state index in [1.807, 2.05) is 0 Å². The molecule has 1 heterocycles. The van der Waals surface area contributed by atoms with Gasteiger partial charge in [-0.25, -0.2) is 8.78 Å². The van der Waals surface area contributed by atoms with Crippen molar-refractivity contribution in [2.45, 2.75) is 6.54 Å². The van der Waals surface area contributed by atoms with Crippen LogP contribution in [-0.2, 0) is 6.54 Å². The fourth-order valence-corrected chi connectivity index (χ4v) is 3.38. The summed E-state index contributed by atoms with van der Waals surface area (Å²) in [5.74, 6) is -1.18. The number of carbonyl (C=O) groups is 1. The van der Waals surface area contributed by atoms with Gasteiger partial charge in [0.05, 0.1) is 18.7 Å². The number of amides is 1. The average Bonchev–Trinajstić information content (AvgIpc) is 3.06. The summed E-state index contributed by atoms with van der Waals surface area (Å²) in [6.07, 6.45) is 0. The summed E-state index contributed by atoms with van der Waals surface area (Å²) in [4.78, 5) is 12.1. The second-order valence-electron chi connectivity index (χ2n) is 6.42. The molecule has 1 N–H and O–H groups in total. The minimum atomic E-state index is -0.733. The van der Waals surface area contributed by atoms with Crippen LogP contribution in [0, 0.1) is 23.0 Å². The minimum Gasteiger partial charge on any atom is -0.497 e. The minimum absolute atomic E-state index is 0.167. The van der Waals surface area contributed by atoms with E-state index < -0.39 is 11.6 Å². The van der Waals surface area contributed by atoms with Gasteiger partial charge in [-0.2, -0.15) is 5.26 Å². The molecule has 1 aliphatic heterocycles. The third kappa shape index (κ3) is 2.97. The van der Waals surface area contributed by atoms with Gasteiger partial charge in [0, 0.05) is 23.7 Å². The quantitative estimate of drug-likeness (QED) is 0.736. The van der Waals surface area contributed by atoms with Gasteiger partial charge in [0.25, 0.3) is 5.91 Å². The molecule has 1 aliphatic rings. The number of nitriles is 1. The highest BCUT2D eigenvalue weighted by molar-refractivity contribution is 6.01. The normalized spacial score (nSPS) is 12.3. The number of methoxy groups -OCH3 is 1. The number of nitrogens with one attached hydrogen (secondary N) is 1. The Morgan fingerprint density at radius 2 is 1.82 bits per heavy atom. The lowest BCUT2D eigenvalue weighted by atomic mass is 9.89. The van der Waals surface area contributed by atoms with Crippen LogP contribution in [0.4, 0.5) is 8.78 Å². The van der Waals surface area contributed by atoms with Crippen LogP contribution in [0.2, 0.25) is 0 Å². The van der Waals surface area contributed by atoms with Crippen molar-refractivity contribution in [1.29, 1.82) is 5.26 Å². The zero-order chi connectivity index (χ0) is 19.8. The van der Waals surface area contributed by atoms with E-state index in [1.165, 1.54) is 19.2 Å². The Kier molecular flexibility index (Phi) is 4.28. The van der Waals surface area contributed by atoms with Crippen molar-refractivity contribution in [2.24, 2.45) is 0 Å². The highest BCUT2D eigenvalue weighted by Gasteiger charge is 2.23. The molecule has 0 bridgehead atoms. The number of benzene rings is 3. The molecule has 1 amide bonds. The number of rotatable bonds is 3. The fraction of sp³-hybridized carbons (Fsp3) is 0.0909. The van der Waals surface area contributed by atoms with E-state index in [2.05, 4.69) is 11.4 Å². The van der Waals surface area contributed by atoms with Crippen LogP contribution in [0.25, 0.3) is 22.3 Å². The molecule has 3 aromatic carbocycles. The molecule has 0 spiro atoms. The van der Waals surface area contributed by atoms with Gasteiger partial charge in [0.1, 0.15) is 17.4 Å². The summed E-state index contributed by atoms with van der Waals surface area (Å²) in [6, 6.07) is 13.8. The van der Waals surface area contributed by atoms with Crippen LogP contribution in [0.5, 0.6) is 5.75 Å². The molecule has 0 saturated heterocycles. The lowest BCUT2D eigenvalue weighted by Gasteiger charge is -2.14. The zero-order valence-electron chi connectivity index (χ0n) is 14.8. The molecular weight excluding hydrogens is 362 g/mol. The van der Waals surface area contributed by atoms with E-state index in [9.17, 15) is 18.8 Å². The van der Waals surface area contributed by atoms with Gasteiger partial charge in [-0.05, 0) is 64.7 Å². The molecule has 4 nitrogen and oxygen atoms in total. The Labute approximate surface area is 160 Å². The molecule has 0 saturated carbocycles. The summed E-state index contributed by atoms with van der Waals surface area (Å²) in [7, 11) is 1.49. The molecule has 6 heteroatoms.